The van der Waals surface area contributed by atoms with Crippen LogP contribution in [0.5, 0.6) is 0 Å². The summed E-state index contributed by atoms with van der Waals surface area (Å²) in [5.41, 5.74) is 1.01. The molecule has 17 heavy (non-hydrogen) atoms. The SMILES string of the molecule is CCCCCC(C)=CC=CC=C(C#N)C(=O)O. The molecule has 0 heterocycles. The maximum atomic E-state index is 10.5. The normalized spacial score (nSPS) is 12.8. The van der Waals surface area contributed by atoms with Crippen LogP contribution < -0.4 is 0 Å². The third-order valence-corrected chi connectivity index (χ3v) is 2.28. The molecular formula is C14H19NO2. The van der Waals surface area contributed by atoms with Crippen molar-refractivity contribution in [3.05, 3.63) is 35.5 Å². The Hall–Kier alpha value is -1.82. The summed E-state index contributed by atoms with van der Waals surface area (Å²) in [6, 6.07) is 1.62. The Morgan fingerprint density at radius 1 is 1.29 bits per heavy atom. The van der Waals surface area contributed by atoms with Crippen molar-refractivity contribution in [1.82, 2.24) is 0 Å². The van der Waals surface area contributed by atoms with Crippen LogP contribution in [0.15, 0.2) is 35.5 Å². The topological polar surface area (TPSA) is 61.1 Å². The van der Waals surface area contributed by atoms with Crippen molar-refractivity contribution in [2.45, 2.75) is 39.5 Å². The first-order valence-corrected chi connectivity index (χ1v) is 5.79. The van der Waals surface area contributed by atoms with E-state index in [4.69, 9.17) is 10.4 Å². The molecule has 0 aliphatic heterocycles. The van der Waals surface area contributed by atoms with Crippen molar-refractivity contribution >= 4 is 5.97 Å². The minimum atomic E-state index is -1.19. The predicted octanol–water partition coefficient (Wildman–Crippen LogP) is 3.60. The summed E-state index contributed by atoms with van der Waals surface area (Å²) in [5.74, 6) is -1.19. The van der Waals surface area contributed by atoms with Gasteiger partial charge in [0.1, 0.15) is 11.6 Å². The molecular weight excluding hydrogens is 214 g/mol. The lowest BCUT2D eigenvalue weighted by atomic mass is 10.1. The number of carboxylic acid groups (broad SMARTS) is 1. The lowest BCUT2D eigenvalue weighted by molar-refractivity contribution is -0.132. The van der Waals surface area contributed by atoms with Crippen LogP contribution in [0.4, 0.5) is 0 Å². The first-order valence-electron chi connectivity index (χ1n) is 5.79. The van der Waals surface area contributed by atoms with Gasteiger partial charge >= 0.3 is 5.97 Å². The monoisotopic (exact) mass is 233 g/mol. The van der Waals surface area contributed by atoms with Crippen LogP contribution in [0.2, 0.25) is 0 Å². The molecule has 0 aromatic heterocycles. The smallest absolute Gasteiger partial charge is 0.346 e. The highest BCUT2D eigenvalue weighted by Crippen LogP contribution is 2.08. The number of hydrogen-bond acceptors (Lipinski definition) is 2. The minimum absolute atomic E-state index is 0.252. The number of aliphatic carboxylic acids is 1. The quantitative estimate of drug-likeness (QED) is 0.316. The Labute approximate surface area is 103 Å². The Kier molecular flexibility index (Phi) is 8.40. The van der Waals surface area contributed by atoms with Gasteiger partial charge in [-0.3, -0.25) is 0 Å². The molecule has 0 saturated carbocycles. The Balaban J connectivity index is 4.22. The van der Waals surface area contributed by atoms with E-state index in [0.29, 0.717) is 0 Å². The molecule has 0 spiro atoms. The average Bonchev–Trinajstić information content (AvgIpc) is 2.29. The molecule has 0 amide bonds. The fourth-order valence-corrected chi connectivity index (χ4v) is 1.27. The molecule has 1 N–H and O–H groups in total. The van der Waals surface area contributed by atoms with E-state index in [9.17, 15) is 4.79 Å². The molecule has 0 rings (SSSR count). The number of carboxylic acids is 1. The standard InChI is InChI=1S/C14H19NO2/c1-3-4-5-8-12(2)9-6-7-10-13(11-15)14(16)17/h6-7,9-10H,3-5,8H2,1-2H3,(H,16,17). The fraction of sp³-hybridized carbons (Fsp3) is 0.429. The van der Waals surface area contributed by atoms with Gasteiger partial charge < -0.3 is 5.11 Å². The fourth-order valence-electron chi connectivity index (χ4n) is 1.27. The van der Waals surface area contributed by atoms with Gasteiger partial charge in [0.25, 0.3) is 0 Å². The van der Waals surface area contributed by atoms with Gasteiger partial charge in [0.15, 0.2) is 0 Å². The summed E-state index contributed by atoms with van der Waals surface area (Å²) in [7, 11) is 0. The van der Waals surface area contributed by atoms with E-state index >= 15 is 0 Å². The number of hydrogen-bond donors (Lipinski definition) is 1. The maximum absolute atomic E-state index is 10.5. The summed E-state index contributed by atoms with van der Waals surface area (Å²) < 4.78 is 0. The highest BCUT2D eigenvalue weighted by atomic mass is 16.4. The molecule has 0 unspecified atom stereocenters. The van der Waals surface area contributed by atoms with Crippen LogP contribution in [0, 0.1) is 11.3 Å². The Morgan fingerprint density at radius 3 is 2.47 bits per heavy atom. The average molecular weight is 233 g/mol. The van der Waals surface area contributed by atoms with Gasteiger partial charge in [0.2, 0.25) is 0 Å². The molecule has 0 aromatic rings. The summed E-state index contributed by atoms with van der Waals surface area (Å²) >= 11 is 0. The second-order valence-corrected chi connectivity index (χ2v) is 3.85. The van der Waals surface area contributed by atoms with Crippen LogP contribution in [0.1, 0.15) is 39.5 Å². The molecule has 92 valence electrons. The molecule has 0 saturated heterocycles. The van der Waals surface area contributed by atoms with Gasteiger partial charge in [0.05, 0.1) is 0 Å². The van der Waals surface area contributed by atoms with Gasteiger partial charge in [0, 0.05) is 0 Å². The van der Waals surface area contributed by atoms with Crippen LogP contribution in [0.25, 0.3) is 0 Å². The molecule has 0 aliphatic carbocycles. The maximum Gasteiger partial charge on any atom is 0.346 e. The van der Waals surface area contributed by atoms with Gasteiger partial charge in [-0.1, -0.05) is 43.6 Å². The molecule has 0 radical (unpaired) electrons. The van der Waals surface area contributed by atoms with E-state index in [2.05, 4.69) is 6.92 Å². The van der Waals surface area contributed by atoms with E-state index in [1.165, 1.54) is 30.9 Å². The predicted molar refractivity (Wildman–Crippen MR) is 68.4 cm³/mol. The highest BCUT2D eigenvalue weighted by molar-refractivity contribution is 5.91. The van der Waals surface area contributed by atoms with E-state index in [1.54, 1.807) is 18.2 Å². The molecule has 0 bridgehead atoms. The Bertz CT molecular complexity index is 370. The van der Waals surface area contributed by atoms with E-state index in [1.807, 2.05) is 13.0 Å². The van der Waals surface area contributed by atoms with Crippen molar-refractivity contribution in [1.29, 1.82) is 5.26 Å². The molecule has 3 nitrogen and oxygen atoms in total. The lowest BCUT2D eigenvalue weighted by Crippen LogP contribution is -1.96. The van der Waals surface area contributed by atoms with Crippen molar-refractivity contribution in [3.8, 4) is 6.07 Å². The third-order valence-electron chi connectivity index (χ3n) is 2.28. The number of rotatable bonds is 7. The van der Waals surface area contributed by atoms with Gasteiger partial charge in [-0.2, -0.15) is 5.26 Å². The van der Waals surface area contributed by atoms with Crippen molar-refractivity contribution in [3.63, 3.8) is 0 Å². The van der Waals surface area contributed by atoms with E-state index in [0.717, 1.165) is 6.42 Å². The van der Waals surface area contributed by atoms with Crippen LogP contribution in [0.3, 0.4) is 0 Å². The lowest BCUT2D eigenvalue weighted by Gasteiger charge is -1.97. The minimum Gasteiger partial charge on any atom is -0.477 e. The molecule has 0 fully saturated rings. The second-order valence-electron chi connectivity index (χ2n) is 3.85. The van der Waals surface area contributed by atoms with Crippen LogP contribution in [-0.2, 0) is 4.79 Å². The summed E-state index contributed by atoms with van der Waals surface area (Å²) in [5, 5.41) is 17.1. The van der Waals surface area contributed by atoms with E-state index in [-0.39, 0.29) is 5.57 Å². The molecule has 0 aromatic carbocycles. The van der Waals surface area contributed by atoms with E-state index < -0.39 is 5.97 Å². The van der Waals surface area contributed by atoms with Crippen molar-refractivity contribution in [2.75, 3.05) is 0 Å². The largest absolute Gasteiger partial charge is 0.477 e. The molecule has 3 heteroatoms. The van der Waals surface area contributed by atoms with Gasteiger partial charge in [-0.05, 0) is 25.8 Å². The number of allylic oxidation sites excluding steroid dienone is 5. The van der Waals surface area contributed by atoms with Gasteiger partial charge in [-0.25, -0.2) is 4.79 Å². The van der Waals surface area contributed by atoms with Crippen molar-refractivity contribution < 1.29 is 9.90 Å². The van der Waals surface area contributed by atoms with Crippen LogP contribution in [-0.4, -0.2) is 11.1 Å². The highest BCUT2D eigenvalue weighted by Gasteiger charge is 2.02. The summed E-state index contributed by atoms with van der Waals surface area (Å²) in [4.78, 5) is 10.5. The van der Waals surface area contributed by atoms with Crippen LogP contribution >= 0.6 is 0 Å². The zero-order valence-electron chi connectivity index (χ0n) is 10.4. The molecule has 0 aliphatic rings. The zero-order chi connectivity index (χ0) is 13.1. The Morgan fingerprint density at radius 2 is 1.94 bits per heavy atom. The zero-order valence-corrected chi connectivity index (χ0v) is 10.4. The number of carbonyl (C=O) groups is 1. The second kappa shape index (κ2) is 9.41. The first-order chi connectivity index (χ1) is 8.11. The number of nitriles is 1. The van der Waals surface area contributed by atoms with Gasteiger partial charge in [-0.15, -0.1) is 0 Å². The summed E-state index contributed by atoms with van der Waals surface area (Å²) in [6.45, 7) is 4.21. The summed E-state index contributed by atoms with van der Waals surface area (Å²) in [6.07, 6.45) is 11.3. The third kappa shape index (κ3) is 8.04. The molecule has 0 atom stereocenters. The first kappa shape index (κ1) is 15.2. The van der Waals surface area contributed by atoms with Crippen molar-refractivity contribution in [2.24, 2.45) is 0 Å². The number of nitrogens with zero attached hydrogens (tertiary/aromatic N) is 1. The number of unbranched alkanes of at least 4 members (excludes halogenated alkanes) is 2.